The molecule has 2 aliphatic rings. The minimum atomic E-state index is -0.431. The van der Waals surface area contributed by atoms with Crippen molar-refractivity contribution in [2.45, 2.75) is 44.8 Å². The first-order valence-corrected chi connectivity index (χ1v) is 11.6. The lowest BCUT2D eigenvalue weighted by Crippen LogP contribution is -2.41. The predicted molar refractivity (Wildman–Crippen MR) is 129 cm³/mol. The summed E-state index contributed by atoms with van der Waals surface area (Å²) in [6.45, 7) is 0.279. The zero-order chi connectivity index (χ0) is 22.7. The summed E-state index contributed by atoms with van der Waals surface area (Å²) in [7, 11) is 0. The molecule has 2 aromatic rings. The Hall–Kier alpha value is -2.78. The monoisotopic (exact) mass is 515 g/mol. The number of hydrogen-bond acceptors (Lipinski definition) is 5. The molecule has 0 bridgehead atoms. The summed E-state index contributed by atoms with van der Waals surface area (Å²) < 4.78 is 6.58. The molecule has 32 heavy (non-hydrogen) atoms. The normalized spacial score (nSPS) is 18.2. The molecule has 0 atom stereocenters. The summed E-state index contributed by atoms with van der Waals surface area (Å²) in [5.74, 6) is 0.562. The number of thiocarbonyl (C=S) groups is 1. The molecule has 4 rings (SSSR count). The van der Waals surface area contributed by atoms with Crippen LogP contribution in [0.15, 0.2) is 52.6 Å². The van der Waals surface area contributed by atoms with Crippen LogP contribution in [0, 0.1) is 10.1 Å². The van der Waals surface area contributed by atoms with Crippen molar-refractivity contribution in [2.75, 3.05) is 0 Å². The smallest absolute Gasteiger partial charge is 0.276 e. The zero-order valence-corrected chi connectivity index (χ0v) is 19.7. The number of rotatable bonds is 6. The van der Waals surface area contributed by atoms with Gasteiger partial charge in [0.1, 0.15) is 18.1 Å². The van der Waals surface area contributed by atoms with Gasteiger partial charge in [-0.15, -0.1) is 0 Å². The fourth-order valence-electron chi connectivity index (χ4n) is 3.99. The standard InChI is InChI=1S/C23H22BrN3O4S/c24-19-12-16(8-11-21(19)31-14-15-6-9-18(10-7-15)27(29)30)13-20-22(28)26(23(32)25-20)17-4-2-1-3-5-17/h6-13,17H,1-5,14H2,(H,25,32)/b20-13-. The molecular formula is C23H22BrN3O4S. The number of halogens is 1. The molecule has 0 aromatic heterocycles. The Morgan fingerprint density at radius 2 is 1.91 bits per heavy atom. The zero-order valence-electron chi connectivity index (χ0n) is 17.3. The number of non-ortho nitro benzene ring substituents is 1. The maximum absolute atomic E-state index is 12.9. The highest BCUT2D eigenvalue weighted by molar-refractivity contribution is 9.10. The van der Waals surface area contributed by atoms with Gasteiger partial charge in [-0.25, -0.2) is 0 Å². The molecule has 1 aliphatic carbocycles. The predicted octanol–water partition coefficient (Wildman–Crippen LogP) is 5.33. The van der Waals surface area contributed by atoms with Gasteiger partial charge < -0.3 is 10.1 Å². The van der Waals surface area contributed by atoms with Crippen molar-refractivity contribution >= 4 is 50.9 Å². The summed E-state index contributed by atoms with van der Waals surface area (Å²) in [4.78, 5) is 25.0. The number of nitrogens with one attached hydrogen (secondary N) is 1. The maximum atomic E-state index is 12.9. The molecule has 2 fully saturated rings. The fraction of sp³-hybridized carbons (Fsp3) is 0.304. The van der Waals surface area contributed by atoms with Crippen molar-refractivity contribution in [2.24, 2.45) is 0 Å². The molecule has 1 amide bonds. The second kappa shape index (κ2) is 9.79. The van der Waals surface area contributed by atoms with E-state index >= 15 is 0 Å². The molecule has 0 radical (unpaired) electrons. The minimum absolute atomic E-state index is 0.0453. The summed E-state index contributed by atoms with van der Waals surface area (Å²) >= 11 is 8.95. The number of amides is 1. The van der Waals surface area contributed by atoms with Crippen LogP contribution in [0.25, 0.3) is 6.08 Å². The fourth-order valence-corrected chi connectivity index (χ4v) is 4.84. The van der Waals surface area contributed by atoms with E-state index in [2.05, 4.69) is 21.2 Å². The third-order valence-corrected chi connectivity index (χ3v) is 6.58. The average molecular weight is 516 g/mol. The number of nitrogens with zero attached hydrogens (tertiary/aromatic N) is 2. The van der Waals surface area contributed by atoms with Gasteiger partial charge in [0.05, 0.1) is 9.40 Å². The quantitative estimate of drug-likeness (QED) is 0.242. The third-order valence-electron chi connectivity index (χ3n) is 5.66. The number of nitro benzene ring substituents is 1. The Morgan fingerprint density at radius 1 is 1.19 bits per heavy atom. The van der Waals surface area contributed by atoms with Crippen molar-refractivity contribution in [3.63, 3.8) is 0 Å². The van der Waals surface area contributed by atoms with Gasteiger partial charge in [-0.3, -0.25) is 19.8 Å². The van der Waals surface area contributed by atoms with E-state index in [0.29, 0.717) is 16.6 Å². The molecule has 1 aliphatic heterocycles. The molecule has 7 nitrogen and oxygen atoms in total. The van der Waals surface area contributed by atoms with E-state index in [9.17, 15) is 14.9 Å². The highest BCUT2D eigenvalue weighted by Gasteiger charge is 2.36. The Balaban J connectivity index is 1.42. The largest absolute Gasteiger partial charge is 0.488 e. The van der Waals surface area contributed by atoms with Crippen LogP contribution in [-0.2, 0) is 11.4 Å². The van der Waals surface area contributed by atoms with Crippen molar-refractivity contribution in [1.29, 1.82) is 0 Å². The Kier molecular flexibility index (Phi) is 6.86. The van der Waals surface area contributed by atoms with Crippen LogP contribution in [0.5, 0.6) is 5.75 Å². The van der Waals surface area contributed by atoms with Gasteiger partial charge in [0.25, 0.3) is 11.6 Å². The maximum Gasteiger partial charge on any atom is 0.276 e. The lowest BCUT2D eigenvalue weighted by atomic mass is 9.94. The first kappa shape index (κ1) is 22.4. The second-order valence-electron chi connectivity index (χ2n) is 7.86. The van der Waals surface area contributed by atoms with Gasteiger partial charge >= 0.3 is 0 Å². The number of carbonyl (C=O) groups is 1. The molecule has 1 heterocycles. The molecule has 1 N–H and O–H groups in total. The summed E-state index contributed by atoms with van der Waals surface area (Å²) in [5.41, 5.74) is 2.19. The van der Waals surface area contributed by atoms with Crippen LogP contribution in [0.4, 0.5) is 5.69 Å². The lowest BCUT2D eigenvalue weighted by molar-refractivity contribution is -0.384. The Bertz CT molecular complexity index is 1080. The molecule has 166 valence electrons. The van der Waals surface area contributed by atoms with Gasteiger partial charge in [-0.2, -0.15) is 0 Å². The summed E-state index contributed by atoms with van der Waals surface area (Å²) in [5, 5.41) is 14.3. The van der Waals surface area contributed by atoms with E-state index in [0.717, 1.165) is 41.3 Å². The number of hydrogen-bond donors (Lipinski definition) is 1. The first-order chi connectivity index (χ1) is 15.4. The summed E-state index contributed by atoms with van der Waals surface area (Å²) in [6, 6.07) is 12.0. The van der Waals surface area contributed by atoms with Crippen LogP contribution < -0.4 is 10.1 Å². The number of nitro groups is 1. The van der Waals surface area contributed by atoms with Crippen LogP contribution >= 0.6 is 28.1 Å². The third kappa shape index (κ3) is 4.99. The van der Waals surface area contributed by atoms with Gasteiger partial charge in [-0.1, -0.05) is 25.3 Å². The van der Waals surface area contributed by atoms with E-state index in [1.807, 2.05) is 18.2 Å². The second-order valence-corrected chi connectivity index (χ2v) is 9.10. The van der Waals surface area contributed by atoms with E-state index < -0.39 is 4.92 Å². The number of ether oxygens (including phenoxy) is 1. The van der Waals surface area contributed by atoms with Gasteiger partial charge in [-0.05, 0) is 82.5 Å². The minimum Gasteiger partial charge on any atom is -0.488 e. The van der Waals surface area contributed by atoms with E-state index in [1.165, 1.54) is 18.6 Å². The first-order valence-electron chi connectivity index (χ1n) is 10.4. The van der Waals surface area contributed by atoms with Gasteiger partial charge in [0.15, 0.2) is 5.11 Å². The van der Waals surface area contributed by atoms with Gasteiger partial charge in [0.2, 0.25) is 0 Å². The molecule has 0 spiro atoms. The van der Waals surface area contributed by atoms with E-state index in [-0.39, 0.29) is 24.2 Å². The number of carbonyl (C=O) groups excluding carboxylic acids is 1. The highest BCUT2D eigenvalue weighted by Crippen LogP contribution is 2.30. The Morgan fingerprint density at radius 3 is 2.56 bits per heavy atom. The van der Waals surface area contributed by atoms with Crippen LogP contribution in [0.2, 0.25) is 0 Å². The topological polar surface area (TPSA) is 84.7 Å². The van der Waals surface area contributed by atoms with Gasteiger partial charge in [0, 0.05) is 18.2 Å². The lowest BCUT2D eigenvalue weighted by Gasteiger charge is -2.29. The van der Waals surface area contributed by atoms with E-state index in [4.69, 9.17) is 17.0 Å². The average Bonchev–Trinajstić information content (AvgIpc) is 3.06. The van der Waals surface area contributed by atoms with E-state index in [1.54, 1.807) is 23.1 Å². The summed E-state index contributed by atoms with van der Waals surface area (Å²) in [6.07, 6.45) is 7.26. The Labute approximate surface area is 199 Å². The van der Waals surface area contributed by atoms with Crippen molar-refractivity contribution < 1.29 is 14.5 Å². The van der Waals surface area contributed by atoms with Crippen LogP contribution in [0.1, 0.15) is 43.2 Å². The molecule has 1 saturated carbocycles. The van der Waals surface area contributed by atoms with Crippen molar-refractivity contribution in [3.05, 3.63) is 73.9 Å². The van der Waals surface area contributed by atoms with Crippen molar-refractivity contribution in [3.8, 4) is 5.75 Å². The molecular weight excluding hydrogens is 494 g/mol. The molecule has 1 saturated heterocycles. The van der Waals surface area contributed by atoms with Crippen LogP contribution in [-0.4, -0.2) is 26.9 Å². The van der Waals surface area contributed by atoms with Crippen molar-refractivity contribution in [1.82, 2.24) is 10.2 Å². The molecule has 0 unspecified atom stereocenters. The molecule has 9 heteroatoms. The SMILES string of the molecule is O=C1/C(=C/c2ccc(OCc3ccc([N+](=O)[O-])cc3)c(Br)c2)NC(=S)N1C1CCCCC1. The molecule has 2 aromatic carbocycles. The number of benzene rings is 2. The van der Waals surface area contributed by atoms with Crippen LogP contribution in [0.3, 0.4) is 0 Å². The highest BCUT2D eigenvalue weighted by atomic mass is 79.9.